The summed E-state index contributed by atoms with van der Waals surface area (Å²) >= 11 is 14.1. The number of aliphatic carboxylic acids is 1. The number of ether oxygens (including phenoxy) is 1. The third kappa shape index (κ3) is 3.16. The number of carboxylic acids is 1. The molecule has 4 nitrogen and oxygen atoms in total. The average Bonchev–Trinajstić information content (AvgIpc) is 2.37. The molecule has 1 aromatic heterocycles. The molecule has 0 radical (unpaired) electrons. The van der Waals surface area contributed by atoms with Gasteiger partial charge in [-0.1, -0.05) is 29.8 Å². The molecule has 104 valence electrons. The Morgan fingerprint density at radius 3 is 2.80 bits per heavy atom. The summed E-state index contributed by atoms with van der Waals surface area (Å²) in [6.07, 6.45) is 0. The number of fused-ring (bicyclic) bond motifs is 1. The fourth-order valence-corrected chi connectivity index (χ4v) is 2.84. The summed E-state index contributed by atoms with van der Waals surface area (Å²) in [7, 11) is 0. The van der Waals surface area contributed by atoms with Crippen molar-refractivity contribution in [1.29, 1.82) is 0 Å². The fraction of sp³-hybridized carbons (Fsp3) is 0.0769. The zero-order chi connectivity index (χ0) is 14.9. The molecule has 0 saturated heterocycles. The minimum absolute atomic E-state index is 0.0501. The van der Waals surface area contributed by atoms with E-state index in [1.54, 1.807) is 18.2 Å². The van der Waals surface area contributed by atoms with Gasteiger partial charge in [-0.05, 0) is 40.8 Å². The van der Waals surface area contributed by atoms with Crippen molar-refractivity contribution in [2.45, 2.75) is 0 Å². The smallest absolute Gasteiger partial charge is 0.334 e. The number of aromatic nitrogens is 1. The molecule has 2 rings (SSSR count). The molecule has 0 aliphatic rings. The molecule has 0 atom stereocenters. The van der Waals surface area contributed by atoms with Crippen molar-refractivity contribution in [3.63, 3.8) is 0 Å². The molecule has 0 fully saturated rings. The lowest BCUT2D eigenvalue weighted by molar-refractivity contribution is -0.133. The number of nitrogens with zero attached hydrogens (tertiary/aromatic N) is 1. The van der Waals surface area contributed by atoms with Gasteiger partial charge >= 0.3 is 5.97 Å². The molecule has 2 aromatic rings. The van der Waals surface area contributed by atoms with Gasteiger partial charge in [0.1, 0.15) is 17.3 Å². The summed E-state index contributed by atoms with van der Waals surface area (Å²) in [6, 6.07) is 5.09. The summed E-state index contributed by atoms with van der Waals surface area (Å²) in [6.45, 7) is 3.27. The molecule has 1 N–H and O–H groups in total. The minimum Gasteiger partial charge on any atom is -0.485 e. The van der Waals surface area contributed by atoms with E-state index in [1.165, 1.54) is 0 Å². The van der Waals surface area contributed by atoms with Gasteiger partial charge in [0, 0.05) is 5.39 Å². The maximum Gasteiger partial charge on any atom is 0.334 e. The third-order valence-electron chi connectivity index (χ3n) is 2.50. The van der Waals surface area contributed by atoms with Crippen LogP contribution < -0.4 is 4.74 Å². The molecular formula is C13H8Cl2INO3. The van der Waals surface area contributed by atoms with Gasteiger partial charge in [-0.3, -0.25) is 0 Å². The second kappa shape index (κ2) is 6.15. The van der Waals surface area contributed by atoms with Gasteiger partial charge in [0.15, 0.2) is 5.75 Å². The summed E-state index contributed by atoms with van der Waals surface area (Å²) < 4.78 is 6.23. The highest BCUT2D eigenvalue weighted by Crippen LogP contribution is 2.35. The Hall–Kier alpha value is -1.05. The monoisotopic (exact) mass is 423 g/mol. The Kier molecular flexibility index (Phi) is 4.72. The predicted molar refractivity (Wildman–Crippen MR) is 86.8 cm³/mol. The number of pyridine rings is 1. The second-order valence-corrected chi connectivity index (χ2v) is 5.85. The minimum atomic E-state index is -1.11. The van der Waals surface area contributed by atoms with E-state index in [0.29, 0.717) is 30.4 Å². The van der Waals surface area contributed by atoms with Crippen LogP contribution >= 0.6 is 45.8 Å². The van der Waals surface area contributed by atoms with E-state index < -0.39 is 5.97 Å². The van der Waals surface area contributed by atoms with Crippen LogP contribution in [0.1, 0.15) is 0 Å². The molecule has 1 aromatic carbocycles. The van der Waals surface area contributed by atoms with Crippen molar-refractivity contribution in [3.05, 3.63) is 44.1 Å². The van der Waals surface area contributed by atoms with E-state index >= 15 is 0 Å². The first-order valence-corrected chi connectivity index (χ1v) is 7.21. The summed E-state index contributed by atoms with van der Waals surface area (Å²) in [4.78, 5) is 14.9. The lowest BCUT2D eigenvalue weighted by atomic mass is 10.2. The number of benzene rings is 1. The van der Waals surface area contributed by atoms with Crippen molar-refractivity contribution in [3.8, 4) is 5.75 Å². The third-order valence-corrected chi connectivity index (χ3v) is 3.82. The van der Waals surface area contributed by atoms with Crippen LogP contribution in [0.2, 0.25) is 10.2 Å². The van der Waals surface area contributed by atoms with Crippen LogP contribution in [-0.4, -0.2) is 22.7 Å². The highest BCUT2D eigenvalue weighted by Gasteiger charge is 2.14. The lowest BCUT2D eigenvalue weighted by Gasteiger charge is -2.12. The number of halogens is 3. The van der Waals surface area contributed by atoms with Crippen LogP contribution in [-0.2, 0) is 4.79 Å². The normalized spacial score (nSPS) is 10.6. The number of carbonyl (C=O) groups is 1. The standard InChI is InChI=1S/C13H8Cl2INO3/c1-6(13(18)19)5-20-12-9(16)4-8(14)7-2-3-10(15)17-11(7)12/h2-4H,1,5H2,(H,18,19). The molecule has 0 amide bonds. The number of rotatable bonds is 4. The molecule has 0 saturated carbocycles. The van der Waals surface area contributed by atoms with Crippen molar-refractivity contribution >= 4 is 62.7 Å². The molecule has 0 spiro atoms. The largest absolute Gasteiger partial charge is 0.485 e. The lowest BCUT2D eigenvalue weighted by Crippen LogP contribution is -2.10. The molecule has 0 aliphatic heterocycles. The molecule has 0 bridgehead atoms. The predicted octanol–water partition coefficient (Wildman–Crippen LogP) is 4.17. The number of hydrogen-bond acceptors (Lipinski definition) is 3. The van der Waals surface area contributed by atoms with Crippen molar-refractivity contribution < 1.29 is 14.6 Å². The quantitative estimate of drug-likeness (QED) is 0.455. The van der Waals surface area contributed by atoms with E-state index in [1.807, 2.05) is 22.6 Å². The molecule has 7 heteroatoms. The molecule has 20 heavy (non-hydrogen) atoms. The SMILES string of the molecule is C=C(COc1c(I)cc(Cl)c2ccc(Cl)nc12)C(=O)O. The Morgan fingerprint density at radius 1 is 1.45 bits per heavy atom. The zero-order valence-corrected chi connectivity index (χ0v) is 13.7. The summed E-state index contributed by atoms with van der Waals surface area (Å²) in [5.41, 5.74) is 0.443. The van der Waals surface area contributed by atoms with Gasteiger partial charge < -0.3 is 9.84 Å². The van der Waals surface area contributed by atoms with E-state index in [4.69, 9.17) is 33.0 Å². The fourth-order valence-electron chi connectivity index (χ4n) is 1.53. The molecule has 0 aliphatic carbocycles. The van der Waals surface area contributed by atoms with Gasteiger partial charge in [-0.25, -0.2) is 9.78 Å². The zero-order valence-electron chi connectivity index (χ0n) is 9.99. The number of hydrogen-bond donors (Lipinski definition) is 1. The molecule has 0 unspecified atom stereocenters. The van der Waals surface area contributed by atoms with E-state index in [2.05, 4.69) is 11.6 Å². The Bertz CT molecular complexity index is 718. The highest BCUT2D eigenvalue weighted by molar-refractivity contribution is 14.1. The Balaban J connectivity index is 2.49. The number of carboxylic acid groups (broad SMARTS) is 1. The molecular weight excluding hydrogens is 416 g/mol. The van der Waals surface area contributed by atoms with E-state index in [0.717, 1.165) is 0 Å². The van der Waals surface area contributed by atoms with Crippen molar-refractivity contribution in [1.82, 2.24) is 4.98 Å². The Labute approximate surface area is 138 Å². The van der Waals surface area contributed by atoms with Crippen LogP contribution in [0.5, 0.6) is 5.75 Å². The first-order chi connectivity index (χ1) is 9.40. The first-order valence-electron chi connectivity index (χ1n) is 5.38. The van der Waals surface area contributed by atoms with Gasteiger partial charge in [0.25, 0.3) is 0 Å². The van der Waals surface area contributed by atoms with E-state index in [-0.39, 0.29) is 12.2 Å². The van der Waals surface area contributed by atoms with Crippen LogP contribution in [0.15, 0.2) is 30.4 Å². The first kappa shape index (κ1) is 15.3. The maximum absolute atomic E-state index is 10.7. The molecule has 1 heterocycles. The summed E-state index contributed by atoms with van der Waals surface area (Å²) in [5.74, 6) is -0.667. The van der Waals surface area contributed by atoms with E-state index in [9.17, 15) is 4.79 Å². The van der Waals surface area contributed by atoms with Crippen LogP contribution in [0.4, 0.5) is 0 Å². The van der Waals surface area contributed by atoms with Crippen LogP contribution in [0, 0.1) is 3.57 Å². The van der Waals surface area contributed by atoms with Gasteiger partial charge in [0.05, 0.1) is 14.2 Å². The Morgan fingerprint density at radius 2 is 2.15 bits per heavy atom. The van der Waals surface area contributed by atoms with Gasteiger partial charge in [0.2, 0.25) is 0 Å². The highest BCUT2D eigenvalue weighted by atomic mass is 127. The maximum atomic E-state index is 10.7. The van der Waals surface area contributed by atoms with Crippen LogP contribution in [0.3, 0.4) is 0 Å². The van der Waals surface area contributed by atoms with Crippen LogP contribution in [0.25, 0.3) is 10.9 Å². The topological polar surface area (TPSA) is 59.4 Å². The van der Waals surface area contributed by atoms with Gasteiger partial charge in [-0.15, -0.1) is 0 Å². The van der Waals surface area contributed by atoms with Crippen molar-refractivity contribution in [2.75, 3.05) is 6.61 Å². The second-order valence-electron chi connectivity index (χ2n) is 3.90. The van der Waals surface area contributed by atoms with Gasteiger partial charge in [-0.2, -0.15) is 0 Å². The average molecular weight is 424 g/mol. The summed E-state index contributed by atoms with van der Waals surface area (Å²) in [5, 5.41) is 10.3. The van der Waals surface area contributed by atoms with Crippen molar-refractivity contribution in [2.24, 2.45) is 0 Å².